The van der Waals surface area contributed by atoms with Gasteiger partial charge in [0.25, 0.3) is 0 Å². The lowest BCUT2D eigenvalue weighted by atomic mass is 10.3. The summed E-state index contributed by atoms with van der Waals surface area (Å²) in [7, 11) is -2.37. The van der Waals surface area contributed by atoms with E-state index in [0.717, 1.165) is 0 Å². The molecule has 0 aliphatic rings. The van der Waals surface area contributed by atoms with Gasteiger partial charge in [-0.15, -0.1) is 0 Å². The number of nitrogens with one attached hydrogen (secondary N) is 1. The summed E-state index contributed by atoms with van der Waals surface area (Å²) in [6.07, 6.45) is 0. The SMILES string of the molecule is CNS(=O)(=O)c1cc(N)ccc1Oc1ccccc1Cl. The normalized spacial score (nSPS) is 11.3. The number of halogens is 1. The maximum Gasteiger partial charge on any atom is 0.244 e. The molecule has 0 aliphatic heterocycles. The second kappa shape index (κ2) is 5.70. The van der Waals surface area contributed by atoms with E-state index in [1.165, 1.54) is 19.2 Å². The highest BCUT2D eigenvalue weighted by Crippen LogP contribution is 2.33. The van der Waals surface area contributed by atoms with Gasteiger partial charge in [0.15, 0.2) is 0 Å². The quantitative estimate of drug-likeness (QED) is 0.850. The van der Waals surface area contributed by atoms with Crippen molar-refractivity contribution in [3.63, 3.8) is 0 Å². The van der Waals surface area contributed by atoms with Crippen molar-refractivity contribution in [2.24, 2.45) is 0 Å². The monoisotopic (exact) mass is 312 g/mol. The van der Waals surface area contributed by atoms with Crippen LogP contribution in [0.2, 0.25) is 5.02 Å². The lowest BCUT2D eigenvalue weighted by molar-refractivity contribution is 0.467. The maximum atomic E-state index is 12.0. The molecule has 0 spiro atoms. The summed E-state index contributed by atoms with van der Waals surface area (Å²) < 4.78 is 31.7. The van der Waals surface area contributed by atoms with Crippen LogP contribution in [0.3, 0.4) is 0 Å². The Morgan fingerprint density at radius 1 is 1.15 bits per heavy atom. The molecule has 0 amide bonds. The van der Waals surface area contributed by atoms with Crippen LogP contribution < -0.4 is 15.2 Å². The van der Waals surface area contributed by atoms with E-state index in [0.29, 0.717) is 16.5 Å². The van der Waals surface area contributed by atoms with Gasteiger partial charge in [0.2, 0.25) is 10.0 Å². The number of nitrogens with two attached hydrogens (primary N) is 1. The Hall–Kier alpha value is -1.76. The molecule has 3 N–H and O–H groups in total. The predicted octanol–water partition coefficient (Wildman–Crippen LogP) is 2.62. The van der Waals surface area contributed by atoms with Crippen molar-refractivity contribution in [1.29, 1.82) is 0 Å². The fourth-order valence-electron chi connectivity index (χ4n) is 1.57. The Labute approximate surface area is 122 Å². The number of nitrogen functional groups attached to an aromatic ring is 1. The Morgan fingerprint density at radius 2 is 1.85 bits per heavy atom. The second-order valence-electron chi connectivity index (χ2n) is 3.95. The summed E-state index contributed by atoms with van der Waals surface area (Å²) in [4.78, 5) is -0.0417. The number of para-hydroxylation sites is 1. The van der Waals surface area contributed by atoms with E-state index < -0.39 is 10.0 Å². The van der Waals surface area contributed by atoms with Crippen molar-refractivity contribution in [2.45, 2.75) is 4.90 Å². The van der Waals surface area contributed by atoms with Crippen LogP contribution in [-0.2, 0) is 10.0 Å². The fourth-order valence-corrected chi connectivity index (χ4v) is 2.63. The highest BCUT2D eigenvalue weighted by molar-refractivity contribution is 7.89. The zero-order chi connectivity index (χ0) is 14.8. The van der Waals surface area contributed by atoms with Crippen molar-refractivity contribution in [2.75, 3.05) is 12.8 Å². The number of ether oxygens (including phenoxy) is 1. The van der Waals surface area contributed by atoms with Crippen LogP contribution in [0.4, 0.5) is 5.69 Å². The molecule has 0 aromatic heterocycles. The number of anilines is 1. The minimum Gasteiger partial charge on any atom is -0.454 e. The first-order valence-corrected chi connectivity index (χ1v) is 7.55. The van der Waals surface area contributed by atoms with Gasteiger partial charge in [0, 0.05) is 5.69 Å². The Morgan fingerprint density at radius 3 is 2.50 bits per heavy atom. The molecule has 0 saturated heterocycles. The summed E-state index contributed by atoms with van der Waals surface area (Å²) in [6, 6.07) is 11.2. The van der Waals surface area contributed by atoms with E-state index in [2.05, 4.69) is 4.72 Å². The van der Waals surface area contributed by atoms with E-state index in [1.807, 2.05) is 0 Å². The molecule has 0 saturated carbocycles. The fraction of sp³-hybridized carbons (Fsp3) is 0.0769. The number of sulfonamides is 1. The first kappa shape index (κ1) is 14.6. The number of benzene rings is 2. The van der Waals surface area contributed by atoms with Crippen LogP contribution >= 0.6 is 11.6 Å². The van der Waals surface area contributed by atoms with Crippen LogP contribution in [0.1, 0.15) is 0 Å². The summed E-state index contributed by atoms with van der Waals surface area (Å²) in [5.74, 6) is 0.521. The van der Waals surface area contributed by atoms with E-state index >= 15 is 0 Å². The number of hydrogen-bond acceptors (Lipinski definition) is 4. The van der Waals surface area contributed by atoms with Crippen LogP contribution in [0.15, 0.2) is 47.4 Å². The molecule has 0 radical (unpaired) electrons. The van der Waals surface area contributed by atoms with Crippen LogP contribution in [0.25, 0.3) is 0 Å². The van der Waals surface area contributed by atoms with Crippen LogP contribution in [0, 0.1) is 0 Å². The van der Waals surface area contributed by atoms with E-state index in [1.54, 1.807) is 30.3 Å². The van der Waals surface area contributed by atoms with Crippen molar-refractivity contribution >= 4 is 27.3 Å². The van der Waals surface area contributed by atoms with Crippen molar-refractivity contribution < 1.29 is 13.2 Å². The first-order chi connectivity index (χ1) is 9.44. The third-order valence-electron chi connectivity index (χ3n) is 2.58. The summed E-state index contributed by atoms with van der Waals surface area (Å²) in [5.41, 5.74) is 5.95. The average molecular weight is 313 g/mol. The molecule has 20 heavy (non-hydrogen) atoms. The summed E-state index contributed by atoms with van der Waals surface area (Å²) in [6.45, 7) is 0. The zero-order valence-electron chi connectivity index (χ0n) is 10.6. The minimum atomic E-state index is -3.68. The molecule has 0 unspecified atom stereocenters. The summed E-state index contributed by atoms with van der Waals surface area (Å²) in [5, 5.41) is 0.386. The molecule has 0 atom stereocenters. The van der Waals surface area contributed by atoms with Gasteiger partial charge in [-0.1, -0.05) is 23.7 Å². The Kier molecular flexibility index (Phi) is 4.17. The van der Waals surface area contributed by atoms with Gasteiger partial charge in [-0.2, -0.15) is 0 Å². The number of hydrogen-bond donors (Lipinski definition) is 2. The predicted molar refractivity (Wildman–Crippen MR) is 78.6 cm³/mol. The molecule has 2 aromatic rings. The lowest BCUT2D eigenvalue weighted by Crippen LogP contribution is -2.19. The van der Waals surface area contributed by atoms with Gasteiger partial charge >= 0.3 is 0 Å². The standard InChI is InChI=1S/C13H13ClN2O3S/c1-16-20(17,18)13-8-9(15)6-7-12(13)19-11-5-3-2-4-10(11)14/h2-8,16H,15H2,1H3. The van der Waals surface area contributed by atoms with Crippen molar-refractivity contribution in [3.05, 3.63) is 47.5 Å². The number of rotatable bonds is 4. The van der Waals surface area contributed by atoms with Crippen LogP contribution in [0.5, 0.6) is 11.5 Å². The molecule has 7 heteroatoms. The molecule has 0 fully saturated rings. The smallest absolute Gasteiger partial charge is 0.244 e. The molecule has 2 rings (SSSR count). The lowest BCUT2D eigenvalue weighted by Gasteiger charge is -2.12. The Balaban J connectivity index is 2.50. The minimum absolute atomic E-state index is 0.0417. The molecule has 5 nitrogen and oxygen atoms in total. The van der Waals surface area contributed by atoms with E-state index in [4.69, 9.17) is 22.1 Å². The van der Waals surface area contributed by atoms with E-state index in [-0.39, 0.29) is 10.6 Å². The van der Waals surface area contributed by atoms with Gasteiger partial charge in [0.1, 0.15) is 16.4 Å². The topological polar surface area (TPSA) is 81.4 Å². The van der Waals surface area contributed by atoms with Crippen molar-refractivity contribution in [3.8, 4) is 11.5 Å². The Bertz CT molecular complexity index is 732. The second-order valence-corrected chi connectivity index (χ2v) is 6.21. The molecule has 106 valence electrons. The van der Waals surface area contributed by atoms with Gasteiger partial charge in [-0.25, -0.2) is 13.1 Å². The van der Waals surface area contributed by atoms with Gasteiger partial charge in [-0.05, 0) is 37.4 Å². The molecular formula is C13H13ClN2O3S. The third kappa shape index (κ3) is 3.04. The zero-order valence-corrected chi connectivity index (χ0v) is 12.2. The third-order valence-corrected chi connectivity index (χ3v) is 4.33. The van der Waals surface area contributed by atoms with Crippen molar-refractivity contribution in [1.82, 2.24) is 4.72 Å². The molecule has 0 bridgehead atoms. The molecule has 0 heterocycles. The average Bonchev–Trinajstić information content (AvgIpc) is 2.43. The maximum absolute atomic E-state index is 12.0. The highest BCUT2D eigenvalue weighted by Gasteiger charge is 2.19. The first-order valence-electron chi connectivity index (χ1n) is 5.69. The van der Waals surface area contributed by atoms with Gasteiger partial charge < -0.3 is 10.5 Å². The largest absolute Gasteiger partial charge is 0.454 e. The molecule has 2 aromatic carbocycles. The van der Waals surface area contributed by atoms with E-state index in [9.17, 15) is 8.42 Å². The van der Waals surface area contributed by atoms with Gasteiger partial charge in [0.05, 0.1) is 5.02 Å². The molecular weight excluding hydrogens is 300 g/mol. The molecule has 0 aliphatic carbocycles. The highest BCUT2D eigenvalue weighted by atomic mass is 35.5. The van der Waals surface area contributed by atoms with Gasteiger partial charge in [-0.3, -0.25) is 0 Å². The van der Waals surface area contributed by atoms with Crippen LogP contribution in [-0.4, -0.2) is 15.5 Å². The summed E-state index contributed by atoms with van der Waals surface area (Å²) >= 11 is 5.99.